The molecule has 3 aromatic carbocycles. The molecule has 5 rings (SSSR count). The van der Waals surface area contributed by atoms with Gasteiger partial charge in [-0.2, -0.15) is 0 Å². The summed E-state index contributed by atoms with van der Waals surface area (Å²) in [4.78, 5) is 35.7. The Morgan fingerprint density at radius 1 is 0.816 bits per heavy atom. The normalized spacial score (nSPS) is 13.6. The van der Waals surface area contributed by atoms with Crippen molar-refractivity contribution < 1.29 is 14.3 Å². The monoisotopic (exact) mass is 511 g/mol. The molecular formula is C28H29N7O3. The number of ether oxygens (including phenoxy) is 1. The number of aryl methyl sites for hydroxylation is 1. The van der Waals surface area contributed by atoms with E-state index in [0.29, 0.717) is 37.0 Å². The topological polar surface area (TPSA) is 121 Å². The number of morpholine rings is 1. The Balaban J connectivity index is 1.22. The lowest BCUT2D eigenvalue weighted by atomic mass is 10.2. The first kappa shape index (κ1) is 25.1. The molecule has 1 aliphatic heterocycles. The molecule has 4 aromatic rings. The predicted octanol–water partition coefficient (Wildman–Crippen LogP) is 4.60. The first-order chi connectivity index (χ1) is 18.5. The highest BCUT2D eigenvalue weighted by Crippen LogP contribution is 2.26. The van der Waals surface area contributed by atoms with Gasteiger partial charge in [-0.3, -0.25) is 9.69 Å². The lowest BCUT2D eigenvalue weighted by Gasteiger charge is -2.25. The molecule has 0 spiro atoms. The van der Waals surface area contributed by atoms with Crippen LogP contribution in [0.25, 0.3) is 10.9 Å². The Labute approximate surface area is 220 Å². The highest BCUT2D eigenvalue weighted by atomic mass is 16.5. The summed E-state index contributed by atoms with van der Waals surface area (Å²) in [7, 11) is 0. The van der Waals surface area contributed by atoms with Gasteiger partial charge in [-0.05, 0) is 61.5 Å². The van der Waals surface area contributed by atoms with Crippen molar-refractivity contribution in [2.75, 3.05) is 54.1 Å². The second-order valence-electron chi connectivity index (χ2n) is 9.04. The zero-order valence-electron chi connectivity index (χ0n) is 21.0. The Bertz CT molecular complexity index is 1420. The first-order valence-corrected chi connectivity index (χ1v) is 12.4. The zero-order chi connectivity index (χ0) is 26.3. The molecule has 194 valence electrons. The number of fused-ring (bicyclic) bond motifs is 1. The number of amides is 3. The second kappa shape index (κ2) is 11.7. The van der Waals surface area contributed by atoms with Crippen LogP contribution in [-0.2, 0) is 9.53 Å². The van der Waals surface area contributed by atoms with Gasteiger partial charge in [0.15, 0.2) is 0 Å². The molecule has 3 amide bonds. The van der Waals surface area contributed by atoms with E-state index in [0.717, 1.165) is 40.9 Å². The summed E-state index contributed by atoms with van der Waals surface area (Å²) in [6.45, 7) is 5.10. The number of benzene rings is 3. The fraction of sp³-hybridized carbons (Fsp3) is 0.214. The lowest BCUT2D eigenvalue weighted by Crippen LogP contribution is -2.41. The Hall–Kier alpha value is -4.54. The van der Waals surface area contributed by atoms with Crippen LogP contribution in [0.15, 0.2) is 73.1 Å². The van der Waals surface area contributed by atoms with Gasteiger partial charge in [0, 0.05) is 41.2 Å². The van der Waals surface area contributed by atoms with Gasteiger partial charge in [-0.15, -0.1) is 0 Å². The van der Waals surface area contributed by atoms with Gasteiger partial charge in [-0.25, -0.2) is 14.8 Å². The number of rotatable bonds is 7. The van der Waals surface area contributed by atoms with Crippen molar-refractivity contribution in [1.82, 2.24) is 14.9 Å². The van der Waals surface area contributed by atoms with E-state index in [9.17, 15) is 9.59 Å². The van der Waals surface area contributed by atoms with E-state index in [1.165, 1.54) is 6.33 Å². The molecule has 0 unspecified atom stereocenters. The summed E-state index contributed by atoms with van der Waals surface area (Å²) in [6, 6.07) is 20.1. The number of hydrogen-bond donors (Lipinski definition) is 4. The quantitative estimate of drug-likeness (QED) is 0.286. The van der Waals surface area contributed by atoms with E-state index in [1.807, 2.05) is 61.5 Å². The molecule has 4 N–H and O–H groups in total. The lowest BCUT2D eigenvalue weighted by molar-refractivity contribution is -0.118. The molecule has 1 aliphatic rings. The Morgan fingerprint density at radius 3 is 2.16 bits per heavy atom. The van der Waals surface area contributed by atoms with Gasteiger partial charge in [0.25, 0.3) is 0 Å². The number of nitrogens with one attached hydrogen (secondary N) is 4. The van der Waals surface area contributed by atoms with Crippen molar-refractivity contribution in [2.24, 2.45) is 0 Å². The van der Waals surface area contributed by atoms with Crippen molar-refractivity contribution >= 4 is 51.4 Å². The van der Waals surface area contributed by atoms with Crippen molar-refractivity contribution in [1.29, 1.82) is 0 Å². The third-order valence-electron chi connectivity index (χ3n) is 6.10. The van der Waals surface area contributed by atoms with Gasteiger partial charge in [0.05, 0.1) is 25.3 Å². The van der Waals surface area contributed by atoms with Crippen LogP contribution < -0.4 is 21.3 Å². The molecule has 0 radical (unpaired) electrons. The van der Waals surface area contributed by atoms with Crippen molar-refractivity contribution in [3.05, 3.63) is 78.6 Å². The minimum absolute atomic E-state index is 0.0767. The fourth-order valence-corrected chi connectivity index (χ4v) is 4.10. The maximum Gasteiger partial charge on any atom is 0.323 e. The molecular weight excluding hydrogens is 482 g/mol. The highest BCUT2D eigenvalue weighted by molar-refractivity contribution is 6.00. The maximum atomic E-state index is 12.5. The summed E-state index contributed by atoms with van der Waals surface area (Å²) >= 11 is 0. The number of aromatic nitrogens is 2. The molecule has 2 heterocycles. The van der Waals surface area contributed by atoms with Crippen LogP contribution in [0.5, 0.6) is 0 Å². The van der Waals surface area contributed by atoms with Gasteiger partial charge in [0.2, 0.25) is 5.91 Å². The second-order valence-corrected chi connectivity index (χ2v) is 9.04. The summed E-state index contributed by atoms with van der Waals surface area (Å²) in [5.41, 5.74) is 4.71. The summed E-state index contributed by atoms with van der Waals surface area (Å²) in [5.74, 6) is 0.532. The van der Waals surface area contributed by atoms with E-state index in [2.05, 4.69) is 36.1 Å². The SMILES string of the molecule is Cc1ccc(NC(=O)Nc2ccc(Nc3ncnc4ccc(NC(=O)CN5CCOCC5)cc34)cc2)cc1. The van der Waals surface area contributed by atoms with E-state index < -0.39 is 0 Å². The van der Waals surface area contributed by atoms with Crippen molar-refractivity contribution in [2.45, 2.75) is 6.92 Å². The van der Waals surface area contributed by atoms with Crippen LogP contribution in [0.4, 0.5) is 33.4 Å². The summed E-state index contributed by atoms with van der Waals surface area (Å²) < 4.78 is 5.34. The number of urea groups is 1. The minimum Gasteiger partial charge on any atom is -0.379 e. The molecule has 0 bridgehead atoms. The summed E-state index contributed by atoms with van der Waals surface area (Å²) in [5, 5.41) is 12.7. The van der Waals surface area contributed by atoms with Gasteiger partial charge in [-0.1, -0.05) is 17.7 Å². The van der Waals surface area contributed by atoms with Crippen LogP contribution in [0, 0.1) is 6.92 Å². The maximum absolute atomic E-state index is 12.5. The highest BCUT2D eigenvalue weighted by Gasteiger charge is 2.15. The van der Waals surface area contributed by atoms with Crippen LogP contribution in [0.2, 0.25) is 0 Å². The fourth-order valence-electron chi connectivity index (χ4n) is 4.10. The summed E-state index contributed by atoms with van der Waals surface area (Å²) in [6.07, 6.45) is 1.49. The molecule has 10 nitrogen and oxygen atoms in total. The van der Waals surface area contributed by atoms with E-state index in [1.54, 1.807) is 12.1 Å². The first-order valence-electron chi connectivity index (χ1n) is 12.4. The van der Waals surface area contributed by atoms with E-state index in [-0.39, 0.29) is 11.9 Å². The van der Waals surface area contributed by atoms with E-state index in [4.69, 9.17) is 4.74 Å². The number of carbonyl (C=O) groups excluding carboxylic acids is 2. The molecule has 1 aromatic heterocycles. The smallest absolute Gasteiger partial charge is 0.323 e. The Morgan fingerprint density at radius 2 is 1.45 bits per heavy atom. The van der Waals surface area contributed by atoms with Crippen LogP contribution in [0.1, 0.15) is 5.56 Å². The average Bonchev–Trinajstić information content (AvgIpc) is 2.92. The number of hydrogen-bond acceptors (Lipinski definition) is 7. The van der Waals surface area contributed by atoms with Gasteiger partial charge in [0.1, 0.15) is 12.1 Å². The van der Waals surface area contributed by atoms with Gasteiger partial charge >= 0.3 is 6.03 Å². The van der Waals surface area contributed by atoms with Gasteiger partial charge < -0.3 is 26.0 Å². The minimum atomic E-state index is -0.320. The third kappa shape index (κ3) is 6.61. The van der Waals surface area contributed by atoms with Crippen LogP contribution in [0.3, 0.4) is 0 Å². The predicted molar refractivity (Wildman–Crippen MR) is 149 cm³/mol. The Kier molecular flexibility index (Phi) is 7.72. The average molecular weight is 512 g/mol. The van der Waals surface area contributed by atoms with Crippen LogP contribution >= 0.6 is 0 Å². The largest absolute Gasteiger partial charge is 0.379 e. The standard InChI is InChI=1S/C28H29N7O3/c1-19-2-4-21(5-3-19)33-28(37)34-22-8-6-20(7-9-22)32-27-24-16-23(10-11-25(24)29-18-30-27)31-26(36)17-35-12-14-38-15-13-35/h2-11,16,18H,12-15,17H2,1H3,(H,31,36)(H,29,30,32)(H2,33,34,37). The van der Waals surface area contributed by atoms with Crippen molar-refractivity contribution in [3.63, 3.8) is 0 Å². The van der Waals surface area contributed by atoms with Crippen molar-refractivity contribution in [3.8, 4) is 0 Å². The number of anilines is 5. The van der Waals surface area contributed by atoms with E-state index >= 15 is 0 Å². The number of nitrogens with zero attached hydrogens (tertiary/aromatic N) is 3. The van der Waals surface area contributed by atoms with Crippen LogP contribution in [-0.4, -0.2) is 59.7 Å². The molecule has 0 aliphatic carbocycles. The molecule has 1 saturated heterocycles. The third-order valence-corrected chi connectivity index (χ3v) is 6.10. The molecule has 0 saturated carbocycles. The molecule has 0 atom stereocenters. The molecule has 1 fully saturated rings. The molecule has 10 heteroatoms. The number of carbonyl (C=O) groups is 2. The molecule has 38 heavy (non-hydrogen) atoms. The zero-order valence-corrected chi connectivity index (χ0v) is 21.0.